The minimum Gasteiger partial charge on any atom is -0.326 e. The molecule has 0 aliphatic rings. The number of hydrogen-bond acceptors (Lipinski definition) is 3. The summed E-state index contributed by atoms with van der Waals surface area (Å²) < 4.78 is 12.8. The van der Waals surface area contributed by atoms with Crippen LogP contribution >= 0.6 is 11.6 Å². The fourth-order valence-electron chi connectivity index (χ4n) is 2.15. The van der Waals surface area contributed by atoms with Crippen molar-refractivity contribution in [3.8, 4) is 0 Å². The van der Waals surface area contributed by atoms with Crippen LogP contribution in [0.2, 0.25) is 5.02 Å². The minimum absolute atomic E-state index is 0.0268. The Balaban J connectivity index is 1.80. The van der Waals surface area contributed by atoms with Gasteiger partial charge >= 0.3 is 0 Å². The molecule has 2 aromatic carbocycles. The number of anilines is 1. The van der Waals surface area contributed by atoms with Crippen LogP contribution in [0.3, 0.4) is 0 Å². The molecule has 6 heteroatoms. The molecule has 0 radical (unpaired) electrons. The van der Waals surface area contributed by atoms with E-state index in [1.54, 1.807) is 18.2 Å². The van der Waals surface area contributed by atoms with Crippen molar-refractivity contribution in [2.75, 3.05) is 5.32 Å². The first-order valence-electron chi connectivity index (χ1n) is 7.71. The Kier molecular flexibility index (Phi) is 6.42. The number of carbonyl (C=O) groups is 3. The van der Waals surface area contributed by atoms with E-state index in [0.29, 0.717) is 10.7 Å². The minimum atomic E-state index is -0.448. The first-order chi connectivity index (χ1) is 11.8. The molecular formula is C19H17ClFNO3. The molecule has 2 rings (SSSR count). The first kappa shape index (κ1) is 18.8. The van der Waals surface area contributed by atoms with E-state index in [2.05, 4.69) is 5.32 Å². The number of amides is 1. The molecule has 0 unspecified atom stereocenters. The zero-order valence-corrected chi connectivity index (χ0v) is 14.4. The third-order valence-electron chi connectivity index (χ3n) is 3.61. The maximum atomic E-state index is 12.8. The fraction of sp³-hybridized carbons (Fsp3) is 0.211. The number of carbonyl (C=O) groups excluding carboxylic acids is 3. The Morgan fingerprint density at radius 3 is 2.36 bits per heavy atom. The summed E-state index contributed by atoms with van der Waals surface area (Å²) in [6.07, 6.45) is -0.380. The maximum absolute atomic E-state index is 12.8. The summed E-state index contributed by atoms with van der Waals surface area (Å²) in [6, 6.07) is 10.1. The Labute approximate surface area is 150 Å². The maximum Gasteiger partial charge on any atom is 0.224 e. The van der Waals surface area contributed by atoms with Gasteiger partial charge in [0.05, 0.1) is 6.42 Å². The molecule has 0 saturated carbocycles. The van der Waals surface area contributed by atoms with Gasteiger partial charge in [-0.2, -0.15) is 0 Å². The van der Waals surface area contributed by atoms with Gasteiger partial charge in [-0.15, -0.1) is 0 Å². The lowest BCUT2D eigenvalue weighted by molar-refractivity contribution is -0.122. The molecule has 0 aliphatic heterocycles. The third-order valence-corrected chi connectivity index (χ3v) is 4.02. The van der Waals surface area contributed by atoms with E-state index in [9.17, 15) is 18.8 Å². The van der Waals surface area contributed by atoms with Crippen molar-refractivity contribution in [1.82, 2.24) is 0 Å². The van der Waals surface area contributed by atoms with Crippen LogP contribution < -0.4 is 5.32 Å². The van der Waals surface area contributed by atoms with Crippen LogP contribution in [0.4, 0.5) is 10.1 Å². The number of rotatable bonds is 7. The van der Waals surface area contributed by atoms with Crippen LogP contribution in [0, 0.1) is 12.7 Å². The van der Waals surface area contributed by atoms with Crippen molar-refractivity contribution in [1.29, 1.82) is 0 Å². The molecule has 0 heterocycles. The van der Waals surface area contributed by atoms with Crippen LogP contribution in [0.25, 0.3) is 0 Å². The van der Waals surface area contributed by atoms with Crippen molar-refractivity contribution in [2.45, 2.75) is 26.2 Å². The van der Waals surface area contributed by atoms with Gasteiger partial charge in [-0.3, -0.25) is 14.4 Å². The van der Waals surface area contributed by atoms with Crippen molar-refractivity contribution >= 4 is 34.8 Å². The summed E-state index contributed by atoms with van der Waals surface area (Å²) in [5, 5.41) is 3.19. The fourth-order valence-corrected chi connectivity index (χ4v) is 2.33. The Bertz CT molecular complexity index is 803. The predicted octanol–water partition coefficient (Wildman–Crippen LogP) is 4.35. The number of Topliss-reactive ketones (excluding diaryl/α,β-unsaturated/α-hetero) is 2. The first-order valence-corrected chi connectivity index (χ1v) is 8.09. The van der Waals surface area contributed by atoms with E-state index in [-0.39, 0.29) is 36.5 Å². The van der Waals surface area contributed by atoms with Gasteiger partial charge in [0, 0.05) is 29.1 Å². The second kappa shape index (κ2) is 8.53. The number of benzene rings is 2. The number of ketones is 2. The van der Waals surface area contributed by atoms with Gasteiger partial charge in [-0.25, -0.2) is 4.39 Å². The van der Waals surface area contributed by atoms with Crippen LogP contribution in [-0.2, 0) is 9.59 Å². The average molecular weight is 362 g/mol. The molecule has 2 aromatic rings. The molecule has 0 saturated heterocycles. The molecule has 0 spiro atoms. The van der Waals surface area contributed by atoms with E-state index >= 15 is 0 Å². The summed E-state index contributed by atoms with van der Waals surface area (Å²) >= 11 is 5.98. The lowest BCUT2D eigenvalue weighted by Gasteiger charge is -2.06. The molecule has 0 fully saturated rings. The SMILES string of the molecule is Cc1ccc(NC(=O)CCC(=O)CC(=O)c2ccc(F)cc2)cc1Cl. The molecular weight excluding hydrogens is 345 g/mol. The van der Waals surface area contributed by atoms with Gasteiger partial charge in [0.25, 0.3) is 0 Å². The van der Waals surface area contributed by atoms with Gasteiger partial charge < -0.3 is 5.32 Å². The number of halogens is 2. The van der Waals surface area contributed by atoms with Gasteiger partial charge in [0.2, 0.25) is 5.91 Å². The zero-order chi connectivity index (χ0) is 18.4. The van der Waals surface area contributed by atoms with Crippen LogP contribution in [0.1, 0.15) is 35.2 Å². The molecule has 0 atom stereocenters. The Morgan fingerprint density at radius 2 is 1.72 bits per heavy atom. The molecule has 1 N–H and O–H groups in total. The molecule has 1 amide bonds. The topological polar surface area (TPSA) is 63.2 Å². The molecule has 0 aliphatic carbocycles. The van der Waals surface area contributed by atoms with Crippen molar-refractivity contribution in [3.63, 3.8) is 0 Å². The summed E-state index contributed by atoms with van der Waals surface area (Å²) in [6.45, 7) is 1.85. The van der Waals surface area contributed by atoms with Crippen molar-refractivity contribution in [2.24, 2.45) is 0 Å². The normalized spacial score (nSPS) is 10.4. The van der Waals surface area contributed by atoms with Crippen LogP contribution in [0.15, 0.2) is 42.5 Å². The molecule has 4 nitrogen and oxygen atoms in total. The highest BCUT2D eigenvalue weighted by Gasteiger charge is 2.14. The number of aryl methyl sites for hydroxylation is 1. The highest BCUT2D eigenvalue weighted by atomic mass is 35.5. The quantitative estimate of drug-likeness (QED) is 0.589. The molecule has 130 valence electrons. The monoisotopic (exact) mass is 361 g/mol. The summed E-state index contributed by atoms with van der Waals surface area (Å²) in [5.41, 5.74) is 1.72. The number of nitrogens with one attached hydrogen (secondary N) is 1. The van der Waals surface area contributed by atoms with Gasteiger partial charge in [-0.05, 0) is 48.9 Å². The standard InChI is InChI=1S/C19H17ClFNO3/c1-12-2-7-15(10-17(12)20)22-19(25)9-8-16(23)11-18(24)13-3-5-14(21)6-4-13/h2-7,10H,8-9,11H2,1H3,(H,22,25). The smallest absolute Gasteiger partial charge is 0.224 e. The van der Waals surface area contributed by atoms with Gasteiger partial charge in [0.15, 0.2) is 5.78 Å². The van der Waals surface area contributed by atoms with Crippen molar-refractivity contribution in [3.05, 3.63) is 64.4 Å². The summed E-state index contributed by atoms with van der Waals surface area (Å²) in [5.74, 6) is -1.51. The Morgan fingerprint density at radius 1 is 1.04 bits per heavy atom. The van der Waals surface area contributed by atoms with E-state index in [0.717, 1.165) is 17.7 Å². The lowest BCUT2D eigenvalue weighted by atomic mass is 10.0. The van der Waals surface area contributed by atoms with Crippen LogP contribution in [0.5, 0.6) is 0 Å². The zero-order valence-electron chi connectivity index (χ0n) is 13.6. The molecule has 0 bridgehead atoms. The van der Waals surface area contributed by atoms with Gasteiger partial charge in [-0.1, -0.05) is 17.7 Å². The van der Waals surface area contributed by atoms with E-state index in [4.69, 9.17) is 11.6 Å². The highest BCUT2D eigenvalue weighted by Crippen LogP contribution is 2.20. The largest absolute Gasteiger partial charge is 0.326 e. The van der Waals surface area contributed by atoms with E-state index in [1.807, 2.05) is 6.92 Å². The lowest BCUT2D eigenvalue weighted by Crippen LogP contribution is -2.15. The number of hydrogen-bond donors (Lipinski definition) is 1. The third kappa shape index (κ3) is 5.80. The summed E-state index contributed by atoms with van der Waals surface area (Å²) in [7, 11) is 0. The highest BCUT2D eigenvalue weighted by molar-refractivity contribution is 6.31. The van der Waals surface area contributed by atoms with Gasteiger partial charge in [0.1, 0.15) is 11.6 Å². The summed E-state index contributed by atoms with van der Waals surface area (Å²) in [4.78, 5) is 35.6. The second-order valence-electron chi connectivity index (χ2n) is 5.66. The Hall–Kier alpha value is -2.53. The average Bonchev–Trinajstić information content (AvgIpc) is 2.57. The predicted molar refractivity (Wildman–Crippen MR) is 94.4 cm³/mol. The second-order valence-corrected chi connectivity index (χ2v) is 6.06. The van der Waals surface area contributed by atoms with Crippen LogP contribution in [-0.4, -0.2) is 17.5 Å². The van der Waals surface area contributed by atoms with Crippen molar-refractivity contribution < 1.29 is 18.8 Å². The molecule has 0 aromatic heterocycles. The van der Waals surface area contributed by atoms with E-state index < -0.39 is 11.6 Å². The molecule has 25 heavy (non-hydrogen) atoms. The van der Waals surface area contributed by atoms with E-state index in [1.165, 1.54) is 12.1 Å².